The van der Waals surface area contributed by atoms with Crippen molar-refractivity contribution in [2.24, 2.45) is 11.5 Å². The van der Waals surface area contributed by atoms with Crippen LogP contribution in [0.3, 0.4) is 0 Å². The lowest BCUT2D eigenvalue weighted by molar-refractivity contribution is 0.225. The third kappa shape index (κ3) is 2.04. The third-order valence-corrected chi connectivity index (χ3v) is 2.74. The van der Waals surface area contributed by atoms with Gasteiger partial charge in [0.15, 0.2) is 0 Å². The van der Waals surface area contributed by atoms with Gasteiger partial charge in [-0.1, -0.05) is 0 Å². The fourth-order valence-corrected chi connectivity index (χ4v) is 1.76. The number of nitrogens with two attached hydrogens (primary N) is 2. The molecule has 0 bridgehead atoms. The highest BCUT2D eigenvalue weighted by Gasteiger charge is 2.40. The van der Waals surface area contributed by atoms with Crippen LogP contribution in [0.5, 0.6) is 0 Å². The fraction of sp³-hybridized carbons (Fsp3) is 0.167. The van der Waals surface area contributed by atoms with Crippen LogP contribution in [0.25, 0.3) is 5.57 Å². The average molecular weight is 258 g/mol. The van der Waals surface area contributed by atoms with Gasteiger partial charge in [0.05, 0.1) is 6.04 Å². The monoisotopic (exact) mass is 258 g/mol. The molecule has 18 heavy (non-hydrogen) atoms. The van der Waals surface area contributed by atoms with Gasteiger partial charge in [-0.15, -0.1) is 0 Å². The second-order valence-electron chi connectivity index (χ2n) is 4.03. The van der Waals surface area contributed by atoms with Crippen molar-refractivity contribution in [1.82, 2.24) is 0 Å². The molecule has 96 valence electrons. The molecule has 0 aromatic heterocycles. The summed E-state index contributed by atoms with van der Waals surface area (Å²) in [6, 6.07) is 0.946. The summed E-state index contributed by atoms with van der Waals surface area (Å²) in [5.41, 5.74) is 9.70. The molecular formula is C12H10F4N2. The van der Waals surface area contributed by atoms with Gasteiger partial charge in [0.25, 0.3) is 0 Å². The molecule has 6 heteroatoms. The van der Waals surface area contributed by atoms with E-state index in [0.29, 0.717) is 6.08 Å². The lowest BCUT2D eigenvalue weighted by Crippen LogP contribution is -2.52. The van der Waals surface area contributed by atoms with Crippen molar-refractivity contribution in [3.8, 4) is 0 Å². The van der Waals surface area contributed by atoms with E-state index < -0.39 is 40.4 Å². The van der Waals surface area contributed by atoms with Gasteiger partial charge in [-0.25, -0.2) is 17.6 Å². The van der Waals surface area contributed by atoms with Crippen molar-refractivity contribution in [2.75, 3.05) is 0 Å². The lowest BCUT2D eigenvalue weighted by Gasteiger charge is -2.31. The summed E-state index contributed by atoms with van der Waals surface area (Å²) in [6.07, 6.45) is 1.49. The molecule has 1 aromatic rings. The Balaban J connectivity index is 2.61. The van der Waals surface area contributed by atoms with E-state index in [4.69, 9.17) is 11.5 Å². The molecule has 0 saturated heterocycles. The number of allylic oxidation sites excluding steroid dienone is 2. The molecule has 0 amide bonds. The molecule has 0 fully saturated rings. The predicted octanol–water partition coefficient (Wildman–Crippen LogP) is 2.17. The van der Waals surface area contributed by atoms with Gasteiger partial charge >= 0.3 is 0 Å². The van der Waals surface area contributed by atoms with Crippen LogP contribution in [0.15, 0.2) is 36.2 Å². The third-order valence-electron chi connectivity index (χ3n) is 2.74. The van der Waals surface area contributed by atoms with Crippen molar-refractivity contribution in [3.05, 3.63) is 53.4 Å². The zero-order valence-electron chi connectivity index (χ0n) is 9.13. The number of halogens is 4. The molecule has 0 radical (unpaired) electrons. The Kier molecular flexibility index (Phi) is 3.00. The molecule has 1 aromatic carbocycles. The quantitative estimate of drug-likeness (QED) is 0.599. The van der Waals surface area contributed by atoms with Crippen LogP contribution in [0.1, 0.15) is 5.56 Å². The topological polar surface area (TPSA) is 52.0 Å². The maximum absolute atomic E-state index is 14.2. The van der Waals surface area contributed by atoms with E-state index in [1.54, 1.807) is 0 Å². The first kappa shape index (κ1) is 12.8. The Morgan fingerprint density at radius 2 is 1.83 bits per heavy atom. The van der Waals surface area contributed by atoms with Crippen LogP contribution in [0, 0.1) is 11.6 Å². The Bertz CT molecular complexity index is 549. The van der Waals surface area contributed by atoms with Gasteiger partial charge in [-0.3, -0.25) is 5.73 Å². The van der Waals surface area contributed by atoms with Crippen molar-refractivity contribution < 1.29 is 17.6 Å². The van der Waals surface area contributed by atoms with Crippen LogP contribution in [0.2, 0.25) is 0 Å². The van der Waals surface area contributed by atoms with E-state index in [9.17, 15) is 17.6 Å². The van der Waals surface area contributed by atoms with E-state index in [2.05, 4.69) is 0 Å². The Morgan fingerprint density at radius 3 is 2.50 bits per heavy atom. The van der Waals surface area contributed by atoms with Crippen LogP contribution < -0.4 is 11.5 Å². The standard InChI is InChI=1S/C12H10F4N2/c13-6-1-2-10(15)8(3-6)9-4-7(14)5-11(17)12(9,16)18/h1-5,11H,17-18H2. The smallest absolute Gasteiger partial charge is 0.204 e. The number of hydrogen-bond donors (Lipinski definition) is 2. The summed E-state index contributed by atoms with van der Waals surface area (Å²) >= 11 is 0. The highest BCUT2D eigenvalue weighted by atomic mass is 19.2. The van der Waals surface area contributed by atoms with Gasteiger partial charge in [-0.2, -0.15) is 0 Å². The molecule has 4 N–H and O–H groups in total. The summed E-state index contributed by atoms with van der Waals surface area (Å²) in [5, 5.41) is 0. The summed E-state index contributed by atoms with van der Waals surface area (Å²) in [4.78, 5) is 0. The van der Waals surface area contributed by atoms with Crippen LogP contribution in [-0.2, 0) is 0 Å². The van der Waals surface area contributed by atoms with E-state index >= 15 is 0 Å². The first-order valence-electron chi connectivity index (χ1n) is 5.10. The number of benzene rings is 1. The molecule has 0 heterocycles. The second kappa shape index (κ2) is 4.22. The first-order valence-corrected chi connectivity index (χ1v) is 5.10. The van der Waals surface area contributed by atoms with E-state index in [0.717, 1.165) is 24.3 Å². The maximum Gasteiger partial charge on any atom is 0.204 e. The molecule has 2 unspecified atom stereocenters. The van der Waals surface area contributed by atoms with Crippen LogP contribution >= 0.6 is 0 Å². The molecule has 2 nitrogen and oxygen atoms in total. The van der Waals surface area contributed by atoms with Gasteiger partial charge in [0, 0.05) is 11.1 Å². The fourth-order valence-electron chi connectivity index (χ4n) is 1.76. The van der Waals surface area contributed by atoms with Gasteiger partial charge in [-0.05, 0) is 30.4 Å². The van der Waals surface area contributed by atoms with E-state index in [1.807, 2.05) is 0 Å². The molecule has 2 rings (SSSR count). The molecular weight excluding hydrogens is 248 g/mol. The molecule has 0 aliphatic heterocycles. The largest absolute Gasteiger partial charge is 0.320 e. The Labute approximate surface area is 101 Å². The highest BCUT2D eigenvalue weighted by Crippen LogP contribution is 2.36. The van der Waals surface area contributed by atoms with Gasteiger partial charge in [0.1, 0.15) is 17.5 Å². The van der Waals surface area contributed by atoms with Crippen LogP contribution in [-0.4, -0.2) is 11.8 Å². The lowest BCUT2D eigenvalue weighted by atomic mass is 9.87. The molecule has 0 saturated carbocycles. The molecule has 1 aliphatic carbocycles. The highest BCUT2D eigenvalue weighted by molar-refractivity contribution is 5.76. The van der Waals surface area contributed by atoms with Crippen molar-refractivity contribution in [2.45, 2.75) is 11.8 Å². The molecule has 1 aliphatic rings. The van der Waals surface area contributed by atoms with Crippen LogP contribution in [0.4, 0.5) is 17.6 Å². The summed E-state index contributed by atoms with van der Waals surface area (Å²) < 4.78 is 54.0. The second-order valence-corrected chi connectivity index (χ2v) is 4.03. The first-order chi connectivity index (χ1) is 8.32. The van der Waals surface area contributed by atoms with Crippen molar-refractivity contribution in [3.63, 3.8) is 0 Å². The number of alkyl halides is 1. The Morgan fingerprint density at radius 1 is 1.17 bits per heavy atom. The number of hydrogen-bond acceptors (Lipinski definition) is 2. The minimum atomic E-state index is -2.66. The number of rotatable bonds is 1. The van der Waals surface area contributed by atoms with Crippen molar-refractivity contribution in [1.29, 1.82) is 0 Å². The Hall–Kier alpha value is -1.66. The summed E-state index contributed by atoms with van der Waals surface area (Å²) in [5.74, 6) is -5.20. The molecule has 0 spiro atoms. The SMILES string of the molecule is NC1C=C(F)C=C(c2cc(F)ccc2F)C1(N)F. The summed E-state index contributed by atoms with van der Waals surface area (Å²) in [6.45, 7) is 0. The normalized spacial score (nSPS) is 27.8. The zero-order chi connectivity index (χ0) is 13.5. The predicted molar refractivity (Wildman–Crippen MR) is 59.5 cm³/mol. The maximum atomic E-state index is 14.2. The average Bonchev–Trinajstić information content (AvgIpc) is 2.27. The molecule has 2 atom stereocenters. The zero-order valence-corrected chi connectivity index (χ0v) is 9.13. The minimum absolute atomic E-state index is 0.446. The summed E-state index contributed by atoms with van der Waals surface area (Å²) in [7, 11) is 0. The minimum Gasteiger partial charge on any atom is -0.320 e. The van der Waals surface area contributed by atoms with Crippen molar-refractivity contribution >= 4 is 5.57 Å². The van der Waals surface area contributed by atoms with Gasteiger partial charge < -0.3 is 5.73 Å². The van der Waals surface area contributed by atoms with E-state index in [1.165, 1.54) is 0 Å². The van der Waals surface area contributed by atoms with Gasteiger partial charge in [0.2, 0.25) is 5.79 Å². The van der Waals surface area contributed by atoms with E-state index in [-0.39, 0.29) is 0 Å².